The SMILES string of the molecule is CC(C)(C)OC(=O)N1CC(Nc2nc(Cl)nc(N3CCOCC3)c2[N+](=O)[O-])C1. The summed E-state index contributed by atoms with van der Waals surface area (Å²) in [6.45, 7) is 7.93. The first-order valence-electron chi connectivity index (χ1n) is 8.93. The second-order valence-electron chi connectivity index (χ2n) is 7.60. The van der Waals surface area contributed by atoms with Gasteiger partial charge in [0.2, 0.25) is 16.9 Å². The number of halogens is 1. The van der Waals surface area contributed by atoms with Gasteiger partial charge in [0.1, 0.15) is 5.60 Å². The first-order valence-corrected chi connectivity index (χ1v) is 9.31. The van der Waals surface area contributed by atoms with E-state index in [0.717, 1.165) is 0 Å². The van der Waals surface area contributed by atoms with Crippen molar-refractivity contribution < 1.29 is 19.2 Å². The highest BCUT2D eigenvalue weighted by molar-refractivity contribution is 6.28. The number of rotatable bonds is 4. The molecule has 28 heavy (non-hydrogen) atoms. The van der Waals surface area contributed by atoms with Gasteiger partial charge in [-0.2, -0.15) is 9.97 Å². The summed E-state index contributed by atoms with van der Waals surface area (Å²) in [5.74, 6) is 0.208. The second kappa shape index (κ2) is 7.92. The Morgan fingerprint density at radius 2 is 1.96 bits per heavy atom. The van der Waals surface area contributed by atoms with Crippen molar-refractivity contribution in [2.24, 2.45) is 0 Å². The van der Waals surface area contributed by atoms with E-state index >= 15 is 0 Å². The minimum absolute atomic E-state index is 0.0420. The summed E-state index contributed by atoms with van der Waals surface area (Å²) in [5, 5.41) is 14.6. The third-order valence-electron chi connectivity index (χ3n) is 4.21. The molecule has 0 radical (unpaired) electrons. The first kappa shape index (κ1) is 20.3. The van der Waals surface area contributed by atoms with Gasteiger partial charge in [-0.15, -0.1) is 0 Å². The summed E-state index contributed by atoms with van der Waals surface area (Å²) >= 11 is 6.02. The normalized spacial score (nSPS) is 17.9. The van der Waals surface area contributed by atoms with Gasteiger partial charge in [-0.25, -0.2) is 4.79 Å². The molecule has 2 fully saturated rings. The van der Waals surface area contributed by atoms with Crippen molar-refractivity contribution in [1.29, 1.82) is 0 Å². The summed E-state index contributed by atoms with van der Waals surface area (Å²) in [5.41, 5.74) is -0.816. The van der Waals surface area contributed by atoms with Crippen LogP contribution in [0.25, 0.3) is 0 Å². The zero-order chi connectivity index (χ0) is 20.5. The molecule has 1 N–H and O–H groups in total. The Kier molecular flexibility index (Phi) is 5.75. The monoisotopic (exact) mass is 414 g/mol. The van der Waals surface area contributed by atoms with Gasteiger partial charge in [0.25, 0.3) is 0 Å². The average Bonchev–Trinajstić information content (AvgIpc) is 2.55. The molecule has 1 amide bonds. The highest BCUT2D eigenvalue weighted by Gasteiger charge is 2.37. The molecule has 3 rings (SSSR count). The van der Waals surface area contributed by atoms with Gasteiger partial charge >= 0.3 is 11.8 Å². The van der Waals surface area contributed by atoms with Crippen LogP contribution in [0.3, 0.4) is 0 Å². The van der Waals surface area contributed by atoms with E-state index in [1.165, 1.54) is 4.90 Å². The molecule has 0 spiro atoms. The number of carbonyl (C=O) groups excluding carboxylic acids is 1. The highest BCUT2D eigenvalue weighted by atomic mass is 35.5. The average molecular weight is 415 g/mol. The maximum Gasteiger partial charge on any atom is 0.410 e. The molecule has 11 nitrogen and oxygen atoms in total. The largest absolute Gasteiger partial charge is 0.444 e. The standard InChI is InChI=1S/C16H23ClN6O5/c1-16(2,3)28-15(24)22-8-10(9-22)18-12-11(23(25)26)13(20-14(17)19-12)21-4-6-27-7-5-21/h10H,4-9H2,1-3H3,(H,18,19,20). The first-order chi connectivity index (χ1) is 13.1. The molecule has 0 aromatic carbocycles. The van der Waals surface area contributed by atoms with Crippen molar-refractivity contribution in [1.82, 2.24) is 14.9 Å². The van der Waals surface area contributed by atoms with Crippen LogP contribution in [0, 0.1) is 10.1 Å². The van der Waals surface area contributed by atoms with Crippen LogP contribution >= 0.6 is 11.6 Å². The maximum absolute atomic E-state index is 12.0. The number of aromatic nitrogens is 2. The summed E-state index contributed by atoms with van der Waals surface area (Å²) in [4.78, 5) is 34.6. The van der Waals surface area contributed by atoms with Crippen LogP contribution in [0.4, 0.5) is 22.1 Å². The van der Waals surface area contributed by atoms with Crippen LogP contribution < -0.4 is 10.2 Å². The van der Waals surface area contributed by atoms with E-state index in [-0.39, 0.29) is 28.6 Å². The molecule has 0 atom stereocenters. The van der Waals surface area contributed by atoms with Gasteiger partial charge in [-0.1, -0.05) is 0 Å². The van der Waals surface area contributed by atoms with E-state index in [1.54, 1.807) is 25.7 Å². The van der Waals surface area contributed by atoms with Crippen molar-refractivity contribution >= 4 is 35.0 Å². The van der Waals surface area contributed by atoms with E-state index in [0.29, 0.717) is 39.4 Å². The number of hydrogen-bond acceptors (Lipinski definition) is 9. The predicted octanol–water partition coefficient (Wildman–Crippen LogP) is 1.91. The Balaban J connectivity index is 1.73. The number of carbonyl (C=O) groups is 1. The Hall–Kier alpha value is -2.40. The summed E-state index contributed by atoms with van der Waals surface area (Å²) in [7, 11) is 0. The number of likely N-dealkylation sites (tertiary alicyclic amines) is 1. The van der Waals surface area contributed by atoms with Gasteiger partial charge in [0.05, 0.1) is 24.2 Å². The fourth-order valence-corrected chi connectivity index (χ4v) is 3.08. The Morgan fingerprint density at radius 3 is 2.54 bits per heavy atom. The number of morpholine rings is 1. The van der Waals surface area contributed by atoms with E-state index in [4.69, 9.17) is 21.1 Å². The lowest BCUT2D eigenvalue weighted by Gasteiger charge is -2.40. The number of hydrogen-bond donors (Lipinski definition) is 1. The Bertz CT molecular complexity index is 759. The molecule has 2 saturated heterocycles. The minimum Gasteiger partial charge on any atom is -0.444 e. The summed E-state index contributed by atoms with van der Waals surface area (Å²) < 4.78 is 10.6. The lowest BCUT2D eigenvalue weighted by atomic mass is 10.1. The molecule has 0 unspecified atom stereocenters. The van der Waals surface area contributed by atoms with Gasteiger partial charge < -0.3 is 24.6 Å². The van der Waals surface area contributed by atoms with E-state index in [2.05, 4.69) is 15.3 Å². The summed E-state index contributed by atoms with van der Waals surface area (Å²) in [6.07, 6.45) is -0.422. The number of amides is 1. The molecule has 154 valence electrons. The third kappa shape index (κ3) is 4.71. The van der Waals surface area contributed by atoms with E-state index in [1.807, 2.05) is 0 Å². The Labute approximate surface area is 167 Å². The van der Waals surface area contributed by atoms with Gasteiger partial charge in [-0.3, -0.25) is 10.1 Å². The van der Waals surface area contributed by atoms with Crippen molar-refractivity contribution in [2.45, 2.75) is 32.4 Å². The van der Waals surface area contributed by atoms with Crippen molar-refractivity contribution in [2.75, 3.05) is 49.6 Å². The molecular formula is C16H23ClN6O5. The molecule has 1 aromatic rings. The van der Waals surface area contributed by atoms with E-state index < -0.39 is 16.6 Å². The van der Waals surface area contributed by atoms with Crippen molar-refractivity contribution in [3.63, 3.8) is 0 Å². The van der Waals surface area contributed by atoms with Gasteiger partial charge in [0.15, 0.2) is 0 Å². The molecule has 0 bridgehead atoms. The van der Waals surface area contributed by atoms with Crippen LogP contribution in [-0.2, 0) is 9.47 Å². The second-order valence-corrected chi connectivity index (χ2v) is 7.93. The lowest BCUT2D eigenvalue weighted by Crippen LogP contribution is -2.58. The molecule has 2 aliphatic heterocycles. The molecular weight excluding hydrogens is 392 g/mol. The molecule has 2 aliphatic rings. The fourth-order valence-electron chi connectivity index (χ4n) is 2.92. The quantitative estimate of drug-likeness (QED) is 0.447. The van der Waals surface area contributed by atoms with Crippen LogP contribution in [-0.4, -0.2) is 76.9 Å². The number of nitro groups is 1. The molecule has 3 heterocycles. The lowest BCUT2D eigenvalue weighted by molar-refractivity contribution is -0.383. The topological polar surface area (TPSA) is 123 Å². The van der Waals surface area contributed by atoms with Crippen molar-refractivity contribution in [3.05, 3.63) is 15.4 Å². The molecule has 0 saturated carbocycles. The number of nitrogens with zero attached hydrogens (tertiary/aromatic N) is 5. The zero-order valence-electron chi connectivity index (χ0n) is 16.0. The number of nitrogens with one attached hydrogen (secondary N) is 1. The summed E-state index contributed by atoms with van der Waals surface area (Å²) in [6, 6.07) is -0.199. The van der Waals surface area contributed by atoms with Crippen LogP contribution in [0.1, 0.15) is 20.8 Å². The minimum atomic E-state index is -0.582. The third-order valence-corrected chi connectivity index (χ3v) is 4.37. The van der Waals surface area contributed by atoms with Crippen LogP contribution in [0.2, 0.25) is 5.28 Å². The zero-order valence-corrected chi connectivity index (χ0v) is 16.7. The molecule has 12 heteroatoms. The van der Waals surface area contributed by atoms with Crippen LogP contribution in [0.5, 0.6) is 0 Å². The van der Waals surface area contributed by atoms with E-state index in [9.17, 15) is 14.9 Å². The fraction of sp³-hybridized carbons (Fsp3) is 0.688. The molecule has 1 aromatic heterocycles. The van der Waals surface area contributed by atoms with Crippen LogP contribution in [0.15, 0.2) is 0 Å². The van der Waals surface area contributed by atoms with Crippen molar-refractivity contribution in [3.8, 4) is 0 Å². The number of ether oxygens (including phenoxy) is 2. The maximum atomic E-state index is 12.0. The Morgan fingerprint density at radius 1 is 1.32 bits per heavy atom. The van der Waals surface area contributed by atoms with Gasteiger partial charge in [-0.05, 0) is 32.4 Å². The predicted molar refractivity (Wildman–Crippen MR) is 102 cm³/mol. The highest BCUT2D eigenvalue weighted by Crippen LogP contribution is 2.35. The number of anilines is 2. The van der Waals surface area contributed by atoms with Gasteiger partial charge in [0, 0.05) is 26.2 Å². The molecule has 0 aliphatic carbocycles. The smallest absolute Gasteiger partial charge is 0.410 e.